The van der Waals surface area contributed by atoms with Crippen LogP contribution in [0.1, 0.15) is 19.0 Å². The van der Waals surface area contributed by atoms with E-state index in [1.165, 1.54) is 0 Å². The first kappa shape index (κ1) is 9.83. The van der Waals surface area contributed by atoms with Gasteiger partial charge in [0.1, 0.15) is 0 Å². The van der Waals surface area contributed by atoms with Gasteiger partial charge in [0, 0.05) is 19.4 Å². The number of aromatic nitrogens is 3. The highest BCUT2D eigenvalue weighted by Gasteiger charge is 2.13. The predicted molar refractivity (Wildman–Crippen MR) is 60.9 cm³/mol. The van der Waals surface area contributed by atoms with E-state index in [0.717, 1.165) is 30.0 Å². The minimum absolute atomic E-state index is 0.788. The fourth-order valence-corrected chi connectivity index (χ4v) is 1.79. The van der Waals surface area contributed by atoms with Crippen molar-refractivity contribution in [3.8, 4) is 5.82 Å². The monoisotopic (exact) mass is 204 g/mol. The maximum absolute atomic E-state index is 6.08. The van der Waals surface area contributed by atoms with Crippen LogP contribution in [-0.2, 0) is 13.5 Å². The maximum Gasteiger partial charge on any atom is 0.158 e. The van der Waals surface area contributed by atoms with Gasteiger partial charge in [0.05, 0.1) is 11.4 Å². The van der Waals surface area contributed by atoms with Crippen molar-refractivity contribution >= 4 is 5.69 Å². The molecule has 0 aromatic carbocycles. The van der Waals surface area contributed by atoms with Gasteiger partial charge in [0.25, 0.3) is 0 Å². The van der Waals surface area contributed by atoms with E-state index in [2.05, 4.69) is 12.0 Å². The molecule has 0 unspecified atom stereocenters. The molecule has 0 amide bonds. The lowest BCUT2D eigenvalue weighted by molar-refractivity contribution is 0.709. The van der Waals surface area contributed by atoms with E-state index in [4.69, 9.17) is 5.73 Å². The van der Waals surface area contributed by atoms with Crippen LogP contribution >= 0.6 is 0 Å². The summed E-state index contributed by atoms with van der Waals surface area (Å²) in [6.07, 6.45) is 5.94. The van der Waals surface area contributed by atoms with Gasteiger partial charge < -0.3 is 10.3 Å². The van der Waals surface area contributed by atoms with Gasteiger partial charge in [0.2, 0.25) is 0 Å². The van der Waals surface area contributed by atoms with Crippen molar-refractivity contribution in [2.75, 3.05) is 5.73 Å². The average Bonchev–Trinajstić information content (AvgIpc) is 2.77. The quantitative estimate of drug-likeness (QED) is 0.828. The van der Waals surface area contributed by atoms with Crippen LogP contribution in [0.25, 0.3) is 5.82 Å². The molecule has 15 heavy (non-hydrogen) atoms. The first-order valence-corrected chi connectivity index (χ1v) is 5.18. The molecule has 0 fully saturated rings. The number of nitrogen functional groups attached to an aromatic ring is 1. The summed E-state index contributed by atoms with van der Waals surface area (Å²) in [6.45, 7) is 2.13. The number of hydrogen-bond donors (Lipinski definition) is 1. The van der Waals surface area contributed by atoms with E-state index in [9.17, 15) is 0 Å². The fraction of sp³-hybridized carbons (Fsp3) is 0.364. The van der Waals surface area contributed by atoms with Gasteiger partial charge in [-0.05, 0) is 18.6 Å². The largest absolute Gasteiger partial charge is 0.394 e. The Hall–Kier alpha value is -1.71. The molecule has 2 heterocycles. The molecule has 4 heteroatoms. The molecule has 2 N–H and O–H groups in total. The van der Waals surface area contributed by atoms with Gasteiger partial charge in [-0.25, -0.2) is 0 Å². The summed E-state index contributed by atoms with van der Waals surface area (Å²) >= 11 is 0. The molecule has 0 saturated carbocycles. The molecule has 0 aliphatic carbocycles. The van der Waals surface area contributed by atoms with Crippen molar-refractivity contribution in [3.05, 3.63) is 30.2 Å². The molecule has 0 saturated heterocycles. The third-order valence-corrected chi connectivity index (χ3v) is 2.46. The fourth-order valence-electron chi connectivity index (χ4n) is 1.79. The zero-order valence-corrected chi connectivity index (χ0v) is 9.14. The smallest absolute Gasteiger partial charge is 0.158 e. The highest BCUT2D eigenvalue weighted by molar-refractivity contribution is 5.57. The minimum Gasteiger partial charge on any atom is -0.394 e. The predicted octanol–water partition coefficient (Wildman–Crippen LogP) is 1.75. The lowest BCUT2D eigenvalue weighted by Gasteiger charge is -2.03. The summed E-state index contributed by atoms with van der Waals surface area (Å²) in [5.41, 5.74) is 7.85. The van der Waals surface area contributed by atoms with Crippen LogP contribution in [0.5, 0.6) is 0 Å². The van der Waals surface area contributed by atoms with Gasteiger partial charge in [-0.1, -0.05) is 13.3 Å². The molecule has 2 rings (SSSR count). The van der Waals surface area contributed by atoms with Crippen molar-refractivity contribution in [2.24, 2.45) is 7.05 Å². The first-order valence-electron chi connectivity index (χ1n) is 5.18. The number of anilines is 1. The van der Waals surface area contributed by atoms with E-state index in [1.807, 2.05) is 40.8 Å². The molecule has 0 spiro atoms. The van der Waals surface area contributed by atoms with Crippen molar-refractivity contribution in [1.29, 1.82) is 0 Å². The van der Waals surface area contributed by atoms with Crippen LogP contribution in [0.2, 0.25) is 0 Å². The summed E-state index contributed by atoms with van der Waals surface area (Å²) in [6, 6.07) is 3.96. The third kappa shape index (κ3) is 1.63. The van der Waals surface area contributed by atoms with Crippen molar-refractivity contribution in [2.45, 2.75) is 19.8 Å². The van der Waals surface area contributed by atoms with E-state index >= 15 is 0 Å². The molecular formula is C11H16N4. The van der Waals surface area contributed by atoms with Crippen LogP contribution in [0.4, 0.5) is 5.69 Å². The summed E-state index contributed by atoms with van der Waals surface area (Å²) in [5.74, 6) is 0.948. The molecule has 0 aliphatic heterocycles. The van der Waals surface area contributed by atoms with Crippen molar-refractivity contribution in [1.82, 2.24) is 14.3 Å². The number of aryl methyl sites for hydroxylation is 2. The highest BCUT2D eigenvalue weighted by atomic mass is 15.3. The lowest BCUT2D eigenvalue weighted by Crippen LogP contribution is -2.02. The summed E-state index contributed by atoms with van der Waals surface area (Å²) in [7, 11) is 1.92. The van der Waals surface area contributed by atoms with Gasteiger partial charge in [-0.3, -0.25) is 4.68 Å². The van der Waals surface area contributed by atoms with Gasteiger partial charge >= 0.3 is 0 Å². The molecule has 2 aromatic heterocycles. The van der Waals surface area contributed by atoms with Crippen LogP contribution in [0.3, 0.4) is 0 Å². The van der Waals surface area contributed by atoms with Crippen LogP contribution in [-0.4, -0.2) is 14.3 Å². The summed E-state index contributed by atoms with van der Waals surface area (Å²) in [4.78, 5) is 0. The van der Waals surface area contributed by atoms with Gasteiger partial charge in [-0.15, -0.1) is 0 Å². The Morgan fingerprint density at radius 1 is 1.33 bits per heavy atom. The van der Waals surface area contributed by atoms with E-state index in [-0.39, 0.29) is 0 Å². The van der Waals surface area contributed by atoms with Crippen LogP contribution in [0, 0.1) is 0 Å². The Morgan fingerprint density at radius 2 is 2.00 bits per heavy atom. The third-order valence-electron chi connectivity index (χ3n) is 2.46. The maximum atomic E-state index is 6.08. The standard InChI is InChI=1S/C11H16N4/c1-3-6-9-10(12)11(14(2)13-9)15-7-4-5-8-15/h4-5,7-8H,3,6,12H2,1-2H3. The number of hydrogen-bond acceptors (Lipinski definition) is 2. The molecule has 2 aromatic rings. The molecule has 0 radical (unpaired) electrons. The second-order valence-electron chi connectivity index (χ2n) is 3.65. The molecule has 4 nitrogen and oxygen atoms in total. The second kappa shape index (κ2) is 3.81. The molecule has 80 valence electrons. The SMILES string of the molecule is CCCc1nn(C)c(-n2cccc2)c1N. The number of nitrogens with two attached hydrogens (primary N) is 1. The van der Waals surface area contributed by atoms with E-state index in [0.29, 0.717) is 0 Å². The van der Waals surface area contributed by atoms with Crippen LogP contribution < -0.4 is 5.73 Å². The van der Waals surface area contributed by atoms with E-state index < -0.39 is 0 Å². The zero-order valence-electron chi connectivity index (χ0n) is 9.14. The Balaban J connectivity index is 2.48. The Labute approximate surface area is 89.3 Å². The Bertz CT molecular complexity index is 439. The first-order chi connectivity index (χ1) is 7.24. The Kier molecular flexibility index (Phi) is 2.49. The molecule has 0 bridgehead atoms. The molecule has 0 aliphatic rings. The normalized spacial score (nSPS) is 10.8. The highest BCUT2D eigenvalue weighted by Crippen LogP contribution is 2.21. The molecule has 0 atom stereocenters. The summed E-state index contributed by atoms with van der Waals surface area (Å²) in [5, 5.41) is 4.43. The summed E-state index contributed by atoms with van der Waals surface area (Å²) < 4.78 is 3.82. The zero-order chi connectivity index (χ0) is 10.8. The van der Waals surface area contributed by atoms with E-state index in [1.54, 1.807) is 0 Å². The topological polar surface area (TPSA) is 48.8 Å². The van der Waals surface area contributed by atoms with Gasteiger partial charge in [0.15, 0.2) is 5.82 Å². The number of nitrogens with zero attached hydrogens (tertiary/aromatic N) is 3. The lowest BCUT2D eigenvalue weighted by atomic mass is 10.2. The van der Waals surface area contributed by atoms with Gasteiger partial charge in [-0.2, -0.15) is 5.10 Å². The van der Waals surface area contributed by atoms with Crippen LogP contribution in [0.15, 0.2) is 24.5 Å². The number of rotatable bonds is 3. The minimum atomic E-state index is 0.788. The second-order valence-corrected chi connectivity index (χ2v) is 3.65. The van der Waals surface area contributed by atoms with Crippen molar-refractivity contribution in [3.63, 3.8) is 0 Å². The molecular weight excluding hydrogens is 188 g/mol. The average molecular weight is 204 g/mol. The Morgan fingerprint density at radius 3 is 2.60 bits per heavy atom. The van der Waals surface area contributed by atoms with Crippen molar-refractivity contribution < 1.29 is 0 Å².